The number of carbonyl (C=O) groups excluding carboxylic acids is 2. The highest BCUT2D eigenvalue weighted by Gasteiger charge is 2.50. The van der Waals surface area contributed by atoms with Crippen LogP contribution in [0.2, 0.25) is 0 Å². The molecule has 3 atom stereocenters. The van der Waals surface area contributed by atoms with Gasteiger partial charge in [-0.3, -0.25) is 9.59 Å². The number of fused-ring (bicyclic) bond motifs is 1. The SMILES string of the molecule is O=C(NCc1ccccc1)C1C(=O)C2CC3CC(C2)CC1C3. The molecule has 1 aromatic carbocycles. The number of hydrogen-bond acceptors (Lipinski definition) is 2. The van der Waals surface area contributed by atoms with Gasteiger partial charge in [-0.2, -0.15) is 0 Å². The molecule has 22 heavy (non-hydrogen) atoms. The molecule has 3 unspecified atom stereocenters. The molecule has 0 spiro atoms. The minimum atomic E-state index is -0.385. The van der Waals surface area contributed by atoms with E-state index in [0.29, 0.717) is 24.3 Å². The van der Waals surface area contributed by atoms with Gasteiger partial charge in [0.1, 0.15) is 5.78 Å². The Bertz CT molecular complexity index is 568. The molecule has 4 fully saturated rings. The number of rotatable bonds is 3. The Hall–Kier alpha value is -1.64. The van der Waals surface area contributed by atoms with E-state index < -0.39 is 0 Å². The Morgan fingerprint density at radius 1 is 1.00 bits per heavy atom. The van der Waals surface area contributed by atoms with E-state index in [4.69, 9.17) is 0 Å². The van der Waals surface area contributed by atoms with Crippen molar-refractivity contribution in [3.63, 3.8) is 0 Å². The molecule has 4 aliphatic carbocycles. The monoisotopic (exact) mass is 297 g/mol. The molecule has 116 valence electrons. The van der Waals surface area contributed by atoms with Crippen LogP contribution >= 0.6 is 0 Å². The highest BCUT2D eigenvalue weighted by molar-refractivity contribution is 6.03. The molecule has 4 bridgehead atoms. The predicted molar refractivity (Wildman–Crippen MR) is 83.8 cm³/mol. The molecule has 4 saturated carbocycles. The van der Waals surface area contributed by atoms with Gasteiger partial charge in [0.25, 0.3) is 0 Å². The average molecular weight is 297 g/mol. The Balaban J connectivity index is 1.49. The van der Waals surface area contributed by atoms with Gasteiger partial charge in [0, 0.05) is 12.5 Å². The summed E-state index contributed by atoms with van der Waals surface area (Å²) in [7, 11) is 0. The first kappa shape index (κ1) is 14.0. The molecule has 0 radical (unpaired) electrons. The normalized spacial score (nSPS) is 36.2. The zero-order chi connectivity index (χ0) is 15.1. The summed E-state index contributed by atoms with van der Waals surface area (Å²) in [6, 6.07) is 9.92. The lowest BCUT2D eigenvalue weighted by Gasteiger charge is -2.38. The van der Waals surface area contributed by atoms with Crippen LogP contribution in [0.25, 0.3) is 0 Å². The number of amides is 1. The summed E-state index contributed by atoms with van der Waals surface area (Å²) in [6.07, 6.45) is 5.53. The Morgan fingerprint density at radius 2 is 1.68 bits per heavy atom. The van der Waals surface area contributed by atoms with Crippen LogP contribution in [0.5, 0.6) is 0 Å². The number of Topliss-reactive ketones (excluding diaryl/α,β-unsaturated/α-hetero) is 1. The van der Waals surface area contributed by atoms with Crippen LogP contribution in [0.3, 0.4) is 0 Å². The molecule has 0 heterocycles. The summed E-state index contributed by atoms with van der Waals surface area (Å²) in [4.78, 5) is 25.5. The highest BCUT2D eigenvalue weighted by Crippen LogP contribution is 2.51. The zero-order valence-electron chi connectivity index (χ0n) is 12.8. The molecule has 0 aromatic heterocycles. The lowest BCUT2D eigenvalue weighted by atomic mass is 9.67. The fourth-order valence-electron chi connectivity index (χ4n) is 5.13. The third kappa shape index (κ3) is 2.47. The first-order valence-corrected chi connectivity index (χ1v) is 8.56. The van der Waals surface area contributed by atoms with Crippen molar-refractivity contribution in [2.75, 3.05) is 0 Å². The number of nitrogens with one attached hydrogen (secondary N) is 1. The quantitative estimate of drug-likeness (QED) is 0.872. The molecule has 1 N–H and O–H groups in total. The first-order valence-electron chi connectivity index (χ1n) is 8.56. The van der Waals surface area contributed by atoms with Crippen molar-refractivity contribution in [3.8, 4) is 0 Å². The fourth-order valence-corrected chi connectivity index (χ4v) is 5.13. The van der Waals surface area contributed by atoms with E-state index in [1.54, 1.807) is 0 Å². The summed E-state index contributed by atoms with van der Waals surface area (Å²) >= 11 is 0. The average Bonchev–Trinajstić information content (AvgIpc) is 2.67. The fraction of sp³-hybridized carbons (Fsp3) is 0.579. The van der Waals surface area contributed by atoms with Crippen molar-refractivity contribution < 1.29 is 9.59 Å². The maximum Gasteiger partial charge on any atom is 0.231 e. The summed E-state index contributed by atoms with van der Waals surface area (Å²) in [5, 5.41) is 3.01. The van der Waals surface area contributed by atoms with Crippen molar-refractivity contribution in [1.29, 1.82) is 0 Å². The largest absolute Gasteiger partial charge is 0.351 e. The summed E-state index contributed by atoms with van der Waals surface area (Å²) in [5.41, 5.74) is 1.09. The minimum absolute atomic E-state index is 0.0351. The van der Waals surface area contributed by atoms with Gasteiger partial charge in [0.15, 0.2) is 0 Å². The van der Waals surface area contributed by atoms with Crippen LogP contribution in [0.1, 0.15) is 37.7 Å². The van der Waals surface area contributed by atoms with Crippen molar-refractivity contribution in [1.82, 2.24) is 5.32 Å². The Kier molecular flexibility index (Phi) is 3.51. The van der Waals surface area contributed by atoms with Crippen LogP contribution in [0.15, 0.2) is 30.3 Å². The molecular formula is C19H23NO2. The molecule has 1 aromatic rings. The molecule has 3 heteroatoms. The van der Waals surface area contributed by atoms with Gasteiger partial charge < -0.3 is 5.32 Å². The van der Waals surface area contributed by atoms with Gasteiger partial charge in [-0.05, 0) is 55.4 Å². The number of ketones is 1. The van der Waals surface area contributed by atoms with Crippen LogP contribution in [-0.4, -0.2) is 11.7 Å². The number of carbonyl (C=O) groups is 2. The molecular weight excluding hydrogens is 274 g/mol. The van der Waals surface area contributed by atoms with E-state index >= 15 is 0 Å². The van der Waals surface area contributed by atoms with Gasteiger partial charge in [0.2, 0.25) is 5.91 Å². The highest BCUT2D eigenvalue weighted by atomic mass is 16.2. The summed E-state index contributed by atoms with van der Waals surface area (Å²) in [5.74, 6) is 1.65. The molecule has 5 rings (SSSR count). The molecule has 0 aliphatic heterocycles. The molecule has 0 saturated heterocycles. The second-order valence-electron chi connectivity index (χ2n) is 7.45. The number of hydrogen-bond donors (Lipinski definition) is 1. The Morgan fingerprint density at radius 3 is 2.36 bits per heavy atom. The second-order valence-corrected chi connectivity index (χ2v) is 7.45. The minimum Gasteiger partial charge on any atom is -0.351 e. The van der Waals surface area contributed by atoms with Crippen molar-refractivity contribution in [2.45, 2.75) is 38.6 Å². The first-order chi connectivity index (χ1) is 10.7. The van der Waals surface area contributed by atoms with E-state index in [-0.39, 0.29) is 23.5 Å². The van der Waals surface area contributed by atoms with Crippen molar-refractivity contribution >= 4 is 11.7 Å². The summed E-state index contributed by atoms with van der Waals surface area (Å²) < 4.78 is 0. The number of benzene rings is 1. The van der Waals surface area contributed by atoms with Crippen LogP contribution in [0.4, 0.5) is 0 Å². The van der Waals surface area contributed by atoms with Gasteiger partial charge >= 0.3 is 0 Å². The molecule has 4 aliphatic rings. The van der Waals surface area contributed by atoms with Gasteiger partial charge in [-0.25, -0.2) is 0 Å². The third-order valence-electron chi connectivity index (χ3n) is 5.95. The smallest absolute Gasteiger partial charge is 0.231 e. The molecule has 1 amide bonds. The van der Waals surface area contributed by atoms with Gasteiger partial charge in [0.05, 0.1) is 5.92 Å². The van der Waals surface area contributed by atoms with Crippen LogP contribution in [-0.2, 0) is 16.1 Å². The van der Waals surface area contributed by atoms with Crippen LogP contribution < -0.4 is 5.32 Å². The Labute approximate surface area is 131 Å². The van der Waals surface area contributed by atoms with E-state index in [0.717, 1.165) is 31.2 Å². The molecule has 3 nitrogen and oxygen atoms in total. The topological polar surface area (TPSA) is 46.2 Å². The van der Waals surface area contributed by atoms with Gasteiger partial charge in [-0.15, -0.1) is 0 Å². The van der Waals surface area contributed by atoms with E-state index in [1.807, 2.05) is 30.3 Å². The third-order valence-corrected chi connectivity index (χ3v) is 5.95. The lowest BCUT2D eigenvalue weighted by molar-refractivity contribution is -0.137. The standard InChI is InChI=1S/C19H23NO2/c21-18-16-9-13-6-14(10-16)8-15(7-13)17(18)19(22)20-11-12-4-2-1-3-5-12/h1-5,13-17H,6-11H2,(H,20,22). The second kappa shape index (κ2) is 5.53. The van der Waals surface area contributed by atoms with E-state index in [2.05, 4.69) is 5.32 Å². The van der Waals surface area contributed by atoms with Crippen molar-refractivity contribution in [2.24, 2.45) is 29.6 Å². The van der Waals surface area contributed by atoms with Crippen LogP contribution in [0, 0.1) is 29.6 Å². The van der Waals surface area contributed by atoms with E-state index in [9.17, 15) is 9.59 Å². The zero-order valence-corrected chi connectivity index (χ0v) is 12.8. The predicted octanol–water partition coefficient (Wildman–Crippen LogP) is 2.94. The maximum absolute atomic E-state index is 12.8. The van der Waals surface area contributed by atoms with Crippen molar-refractivity contribution in [3.05, 3.63) is 35.9 Å². The van der Waals surface area contributed by atoms with E-state index in [1.165, 1.54) is 6.42 Å². The van der Waals surface area contributed by atoms with Gasteiger partial charge in [-0.1, -0.05) is 30.3 Å². The lowest BCUT2D eigenvalue weighted by Crippen LogP contribution is -2.40. The maximum atomic E-state index is 12.8. The summed E-state index contributed by atoms with van der Waals surface area (Å²) in [6.45, 7) is 0.522.